The molecule has 1 saturated heterocycles. The lowest BCUT2D eigenvalue weighted by molar-refractivity contribution is -0.126. The van der Waals surface area contributed by atoms with E-state index >= 15 is 0 Å². The van der Waals surface area contributed by atoms with E-state index in [4.69, 9.17) is 4.74 Å². The molecule has 1 aliphatic carbocycles. The summed E-state index contributed by atoms with van der Waals surface area (Å²) in [5.41, 5.74) is -0.834. The summed E-state index contributed by atoms with van der Waals surface area (Å²) in [7, 11) is -4.93. The molecule has 0 radical (unpaired) electrons. The highest BCUT2D eigenvalue weighted by Gasteiger charge is 2.47. The highest BCUT2D eigenvalue weighted by atomic mass is 32.2. The van der Waals surface area contributed by atoms with E-state index in [0.29, 0.717) is 32.2 Å². The fourth-order valence-electron chi connectivity index (χ4n) is 4.63. The summed E-state index contributed by atoms with van der Waals surface area (Å²) < 4.78 is 38.4. The number of hydrogen-bond donors (Lipinski definition) is 5. The molecule has 1 aromatic rings. The third-order valence-electron chi connectivity index (χ3n) is 6.72. The predicted octanol–water partition coefficient (Wildman–Crippen LogP) is 1.43. The Bertz CT molecular complexity index is 1100. The summed E-state index contributed by atoms with van der Waals surface area (Å²) in [6.45, 7) is 6.07. The van der Waals surface area contributed by atoms with Gasteiger partial charge in [0.2, 0.25) is 17.3 Å². The van der Waals surface area contributed by atoms with Gasteiger partial charge in [0.25, 0.3) is 10.1 Å². The third kappa shape index (κ3) is 8.41. The fourth-order valence-corrected chi connectivity index (χ4v) is 5.23. The smallest absolute Gasteiger partial charge is 0.408 e. The molecule has 1 unspecified atom stereocenters. The largest absolute Gasteiger partial charge is 0.443 e. The van der Waals surface area contributed by atoms with Gasteiger partial charge in [-0.1, -0.05) is 43.7 Å². The first-order valence-corrected chi connectivity index (χ1v) is 14.1. The van der Waals surface area contributed by atoms with Crippen LogP contribution in [-0.4, -0.2) is 65.7 Å². The third-order valence-corrected chi connectivity index (χ3v) is 7.66. The Morgan fingerprint density at radius 2 is 1.95 bits per heavy atom. The Kier molecular flexibility index (Phi) is 9.19. The van der Waals surface area contributed by atoms with Crippen molar-refractivity contribution in [1.29, 1.82) is 0 Å². The van der Waals surface area contributed by atoms with E-state index in [9.17, 15) is 32.5 Å². The number of amides is 3. The zero-order chi connectivity index (χ0) is 27.4. The number of alkyl carbamates (subject to hydrolysis) is 1. The summed E-state index contributed by atoms with van der Waals surface area (Å²) in [6, 6.07) is 5.37. The molecule has 2 fully saturated rings. The topological polar surface area (TPSA) is 171 Å². The maximum Gasteiger partial charge on any atom is 0.408 e. The average Bonchev–Trinajstić information content (AvgIpc) is 3.41. The lowest BCUT2D eigenvalue weighted by Gasteiger charge is -2.28. The molecule has 12 heteroatoms. The van der Waals surface area contributed by atoms with Crippen molar-refractivity contribution in [3.05, 3.63) is 35.4 Å². The molecular weight excluding hydrogens is 502 g/mol. The maximum absolute atomic E-state index is 13.2. The first-order valence-electron chi connectivity index (χ1n) is 12.6. The molecular formula is C25H37N3O8S. The SMILES string of the molecule is Cc1cccc(CC2(OC(=O)N[C@@H](CC(C)C)C(=O)N[C@@H](C[C@@H]3CCNC3=O)C(O)S(=O)(=O)O)CC2)c1. The van der Waals surface area contributed by atoms with Crippen molar-refractivity contribution in [2.75, 3.05) is 6.54 Å². The molecule has 0 spiro atoms. The summed E-state index contributed by atoms with van der Waals surface area (Å²) in [5, 5.41) is 17.8. The van der Waals surface area contributed by atoms with Gasteiger partial charge < -0.3 is 25.8 Å². The molecule has 2 aliphatic rings. The van der Waals surface area contributed by atoms with Gasteiger partial charge in [-0.3, -0.25) is 14.1 Å². The normalized spacial score (nSPS) is 21.0. The van der Waals surface area contributed by atoms with Crippen LogP contribution in [0.1, 0.15) is 57.1 Å². The van der Waals surface area contributed by atoms with Gasteiger partial charge in [0.1, 0.15) is 11.6 Å². The predicted molar refractivity (Wildman–Crippen MR) is 135 cm³/mol. The van der Waals surface area contributed by atoms with Crippen molar-refractivity contribution in [3.63, 3.8) is 0 Å². The highest BCUT2D eigenvalue weighted by molar-refractivity contribution is 7.86. The number of carbonyl (C=O) groups is 3. The monoisotopic (exact) mass is 539 g/mol. The van der Waals surface area contributed by atoms with Gasteiger partial charge in [-0.05, 0) is 50.5 Å². The zero-order valence-electron chi connectivity index (χ0n) is 21.4. The second-order valence-corrected chi connectivity index (χ2v) is 12.1. The molecule has 1 aliphatic heterocycles. The number of aliphatic hydroxyl groups excluding tert-OH is 1. The van der Waals surface area contributed by atoms with Crippen LogP contribution in [0.15, 0.2) is 24.3 Å². The number of aryl methyl sites for hydroxylation is 1. The molecule has 1 heterocycles. The second kappa shape index (κ2) is 11.8. The molecule has 11 nitrogen and oxygen atoms in total. The molecule has 4 atom stereocenters. The first kappa shape index (κ1) is 28.9. The molecule has 1 saturated carbocycles. The van der Waals surface area contributed by atoms with Gasteiger partial charge in [0, 0.05) is 18.9 Å². The van der Waals surface area contributed by atoms with Crippen LogP contribution in [0.5, 0.6) is 0 Å². The second-order valence-electron chi connectivity index (χ2n) is 10.6. The lowest BCUT2D eigenvalue weighted by Crippen LogP contribution is -2.55. The van der Waals surface area contributed by atoms with Crippen molar-refractivity contribution >= 4 is 28.0 Å². The average molecular weight is 540 g/mol. The summed E-state index contributed by atoms with van der Waals surface area (Å²) >= 11 is 0. The molecule has 206 valence electrons. The summed E-state index contributed by atoms with van der Waals surface area (Å²) in [4.78, 5) is 37.9. The summed E-state index contributed by atoms with van der Waals surface area (Å²) in [6.07, 6.45) is 1.58. The molecule has 5 N–H and O–H groups in total. The number of hydrogen-bond acceptors (Lipinski definition) is 7. The quantitative estimate of drug-likeness (QED) is 0.248. The van der Waals surface area contributed by atoms with Crippen LogP contribution in [0.3, 0.4) is 0 Å². The van der Waals surface area contributed by atoms with Crippen molar-refractivity contribution in [3.8, 4) is 0 Å². The van der Waals surface area contributed by atoms with Crippen LogP contribution >= 0.6 is 0 Å². The van der Waals surface area contributed by atoms with Gasteiger partial charge in [-0.2, -0.15) is 8.42 Å². The van der Waals surface area contributed by atoms with Crippen molar-refractivity contribution in [2.45, 2.75) is 82.4 Å². The van der Waals surface area contributed by atoms with Crippen LogP contribution in [0, 0.1) is 18.8 Å². The van der Waals surface area contributed by atoms with E-state index in [1.807, 2.05) is 45.0 Å². The van der Waals surface area contributed by atoms with Gasteiger partial charge in [0.15, 0.2) is 0 Å². The minimum Gasteiger partial charge on any atom is -0.443 e. The van der Waals surface area contributed by atoms with Gasteiger partial charge in [0.05, 0.1) is 6.04 Å². The standard InChI is InChI=1S/C25H37N3O8S/c1-15(2)11-19(28-24(32)36-25(8-9-25)14-17-6-4-5-16(3)12-17)22(30)27-20(23(31)37(33,34)35)13-18-7-10-26-21(18)29/h4-6,12,15,18-20,23,31H,7-11,13-14H2,1-3H3,(H,26,29)(H,27,30)(H,28,32)(H,33,34,35)/t18-,19-,20-,23?/m0/s1. The minimum absolute atomic E-state index is 0.0243. The van der Waals surface area contributed by atoms with E-state index < -0.39 is 51.2 Å². The molecule has 0 bridgehead atoms. The van der Waals surface area contributed by atoms with E-state index in [0.717, 1.165) is 11.1 Å². The van der Waals surface area contributed by atoms with E-state index in [1.54, 1.807) is 0 Å². The van der Waals surface area contributed by atoms with Gasteiger partial charge in [-0.25, -0.2) is 4.79 Å². The Morgan fingerprint density at radius 3 is 2.49 bits per heavy atom. The number of rotatable bonds is 12. The van der Waals surface area contributed by atoms with Crippen LogP contribution in [-0.2, 0) is 30.9 Å². The number of aliphatic hydroxyl groups is 1. The Hall–Kier alpha value is -2.70. The van der Waals surface area contributed by atoms with Crippen molar-refractivity contribution in [1.82, 2.24) is 16.0 Å². The summed E-state index contributed by atoms with van der Waals surface area (Å²) in [5.74, 6) is -1.74. The molecule has 37 heavy (non-hydrogen) atoms. The number of ether oxygens (including phenoxy) is 1. The lowest BCUT2D eigenvalue weighted by atomic mass is 9.97. The molecule has 1 aromatic carbocycles. The van der Waals surface area contributed by atoms with Crippen LogP contribution < -0.4 is 16.0 Å². The number of carbonyl (C=O) groups excluding carboxylic acids is 3. The van der Waals surface area contributed by atoms with E-state index in [2.05, 4.69) is 16.0 Å². The van der Waals surface area contributed by atoms with Crippen LogP contribution in [0.2, 0.25) is 0 Å². The molecule has 3 amide bonds. The fraction of sp³-hybridized carbons (Fsp3) is 0.640. The molecule has 0 aromatic heterocycles. The van der Waals surface area contributed by atoms with Crippen molar-refractivity contribution < 1.29 is 37.2 Å². The first-order chi connectivity index (χ1) is 17.3. The van der Waals surface area contributed by atoms with Gasteiger partial charge in [-0.15, -0.1) is 0 Å². The highest BCUT2D eigenvalue weighted by Crippen LogP contribution is 2.42. The minimum atomic E-state index is -4.93. The Balaban J connectivity index is 1.68. The number of benzene rings is 1. The maximum atomic E-state index is 13.2. The number of nitrogens with one attached hydrogen (secondary N) is 3. The Morgan fingerprint density at radius 1 is 1.24 bits per heavy atom. The van der Waals surface area contributed by atoms with E-state index in [1.165, 1.54) is 0 Å². The zero-order valence-corrected chi connectivity index (χ0v) is 22.2. The van der Waals surface area contributed by atoms with Crippen LogP contribution in [0.4, 0.5) is 4.79 Å². The van der Waals surface area contributed by atoms with Crippen molar-refractivity contribution in [2.24, 2.45) is 11.8 Å². The van der Waals surface area contributed by atoms with E-state index in [-0.39, 0.29) is 24.7 Å². The Labute approximate surface area is 217 Å². The molecule has 3 rings (SSSR count). The van der Waals surface area contributed by atoms with Crippen LogP contribution in [0.25, 0.3) is 0 Å². The van der Waals surface area contributed by atoms with Gasteiger partial charge >= 0.3 is 6.09 Å².